The highest BCUT2D eigenvalue weighted by atomic mass is 35.5. The second kappa shape index (κ2) is 9.88. The van der Waals surface area contributed by atoms with Gasteiger partial charge in [0.15, 0.2) is 11.5 Å². The Morgan fingerprint density at radius 2 is 1.79 bits per heavy atom. The van der Waals surface area contributed by atoms with E-state index in [1.807, 2.05) is 6.92 Å². The summed E-state index contributed by atoms with van der Waals surface area (Å²) in [4.78, 5) is 22.2. The first kappa shape index (κ1) is 24.0. The number of ether oxygens (including phenoxy) is 1. The Kier molecular flexibility index (Phi) is 7.19. The van der Waals surface area contributed by atoms with Crippen LogP contribution in [-0.2, 0) is 14.8 Å². The molecule has 0 saturated carbocycles. The summed E-state index contributed by atoms with van der Waals surface area (Å²) in [6.07, 6.45) is 0. The lowest BCUT2D eigenvalue weighted by atomic mass is 10.2. The highest BCUT2D eigenvalue weighted by Gasteiger charge is 2.29. The molecule has 3 rings (SSSR count). The van der Waals surface area contributed by atoms with Gasteiger partial charge in [-0.05, 0) is 55.0 Å². The number of nitro groups is 1. The number of nitrogens with one attached hydrogen (secondary N) is 1. The average Bonchev–Trinajstić information content (AvgIpc) is 2.80. The molecular formula is C22H20ClN3O6S. The maximum Gasteiger partial charge on any atom is 0.289 e. The highest BCUT2D eigenvalue weighted by Crippen LogP contribution is 2.29. The molecule has 33 heavy (non-hydrogen) atoms. The fourth-order valence-electron chi connectivity index (χ4n) is 2.88. The van der Waals surface area contributed by atoms with Crippen molar-refractivity contribution in [1.29, 1.82) is 0 Å². The number of hydrogen-bond acceptors (Lipinski definition) is 6. The van der Waals surface area contributed by atoms with Gasteiger partial charge in [0.2, 0.25) is 0 Å². The minimum absolute atomic E-state index is 0.263. The molecule has 9 nitrogen and oxygen atoms in total. The van der Waals surface area contributed by atoms with Gasteiger partial charge in [0.25, 0.3) is 21.6 Å². The second-order valence-electron chi connectivity index (χ2n) is 6.99. The summed E-state index contributed by atoms with van der Waals surface area (Å²) in [5, 5.41) is 14.4. The number of para-hydroxylation sites is 1. The Labute approximate surface area is 195 Å². The van der Waals surface area contributed by atoms with Gasteiger partial charge in [-0.25, -0.2) is 8.42 Å². The van der Waals surface area contributed by atoms with Crippen molar-refractivity contribution in [2.75, 3.05) is 23.3 Å². The van der Waals surface area contributed by atoms with Gasteiger partial charge in [-0.1, -0.05) is 29.8 Å². The number of anilines is 2. The molecule has 0 unspecified atom stereocenters. The van der Waals surface area contributed by atoms with E-state index < -0.39 is 31.4 Å². The number of nitro benzene ring substituents is 1. The monoisotopic (exact) mass is 489 g/mol. The predicted molar refractivity (Wildman–Crippen MR) is 125 cm³/mol. The zero-order chi connectivity index (χ0) is 24.2. The molecule has 0 aliphatic rings. The molecule has 0 heterocycles. The number of carbonyl (C=O) groups excluding carboxylic acids is 1. The number of carbonyl (C=O) groups is 1. The van der Waals surface area contributed by atoms with Crippen molar-refractivity contribution >= 4 is 44.6 Å². The van der Waals surface area contributed by atoms with Gasteiger partial charge in [-0.2, -0.15) is 0 Å². The van der Waals surface area contributed by atoms with Crippen LogP contribution in [0.1, 0.15) is 5.56 Å². The van der Waals surface area contributed by atoms with E-state index in [9.17, 15) is 23.3 Å². The van der Waals surface area contributed by atoms with Gasteiger partial charge in [0, 0.05) is 23.8 Å². The molecule has 0 radical (unpaired) electrons. The molecule has 0 bridgehead atoms. The van der Waals surface area contributed by atoms with Crippen LogP contribution in [0.4, 0.5) is 17.1 Å². The van der Waals surface area contributed by atoms with Gasteiger partial charge >= 0.3 is 0 Å². The van der Waals surface area contributed by atoms with Crippen molar-refractivity contribution in [2.45, 2.75) is 11.8 Å². The molecule has 1 amide bonds. The molecule has 172 valence electrons. The first-order chi connectivity index (χ1) is 15.6. The first-order valence-electron chi connectivity index (χ1n) is 9.61. The SMILES string of the molecule is Cc1ccc(NC(=O)COc2ccc(N(C)S(=O)(=O)c3ccccc3[N+](=O)[O-])cc2)cc1Cl. The molecule has 3 aromatic rings. The Balaban J connectivity index is 1.66. The van der Waals surface area contributed by atoms with E-state index in [1.165, 1.54) is 49.5 Å². The van der Waals surface area contributed by atoms with Crippen molar-refractivity contribution in [2.24, 2.45) is 0 Å². The lowest BCUT2D eigenvalue weighted by molar-refractivity contribution is -0.387. The minimum Gasteiger partial charge on any atom is -0.484 e. The normalized spacial score (nSPS) is 11.0. The number of halogens is 1. The van der Waals surface area contributed by atoms with Gasteiger partial charge in [-0.3, -0.25) is 19.2 Å². The third kappa shape index (κ3) is 5.60. The van der Waals surface area contributed by atoms with Crippen LogP contribution >= 0.6 is 11.6 Å². The quantitative estimate of drug-likeness (QED) is 0.370. The maximum atomic E-state index is 12.9. The molecule has 0 aromatic heterocycles. The zero-order valence-corrected chi connectivity index (χ0v) is 19.3. The first-order valence-corrected chi connectivity index (χ1v) is 11.4. The fourth-order valence-corrected chi connectivity index (χ4v) is 4.41. The topological polar surface area (TPSA) is 119 Å². The third-order valence-corrected chi connectivity index (χ3v) is 6.97. The molecule has 0 spiro atoms. The number of sulfonamides is 1. The number of aryl methyl sites for hydroxylation is 1. The van der Waals surface area contributed by atoms with Crippen LogP contribution in [0.25, 0.3) is 0 Å². The van der Waals surface area contributed by atoms with Crippen molar-refractivity contribution in [3.63, 3.8) is 0 Å². The Bertz CT molecular complexity index is 1300. The summed E-state index contributed by atoms with van der Waals surface area (Å²) in [5.74, 6) is -0.0533. The largest absolute Gasteiger partial charge is 0.484 e. The number of nitrogens with zero attached hydrogens (tertiary/aromatic N) is 2. The summed E-state index contributed by atoms with van der Waals surface area (Å²) in [6.45, 7) is 1.58. The Morgan fingerprint density at radius 1 is 1.12 bits per heavy atom. The average molecular weight is 490 g/mol. The van der Waals surface area contributed by atoms with Crippen molar-refractivity contribution in [3.05, 3.63) is 87.4 Å². The maximum absolute atomic E-state index is 12.9. The van der Waals surface area contributed by atoms with Gasteiger partial charge < -0.3 is 10.1 Å². The van der Waals surface area contributed by atoms with Crippen LogP contribution in [0.3, 0.4) is 0 Å². The number of rotatable bonds is 8. The zero-order valence-electron chi connectivity index (χ0n) is 17.7. The lowest BCUT2D eigenvalue weighted by Gasteiger charge is -2.19. The smallest absolute Gasteiger partial charge is 0.289 e. The van der Waals surface area contributed by atoms with Crippen LogP contribution in [0.2, 0.25) is 5.02 Å². The summed E-state index contributed by atoms with van der Waals surface area (Å²) in [5.41, 5.74) is 1.18. The van der Waals surface area contributed by atoms with Crippen LogP contribution in [0.15, 0.2) is 71.6 Å². The van der Waals surface area contributed by atoms with E-state index in [4.69, 9.17) is 16.3 Å². The lowest BCUT2D eigenvalue weighted by Crippen LogP contribution is -2.27. The van der Waals surface area contributed by atoms with Crippen LogP contribution in [0.5, 0.6) is 5.75 Å². The van der Waals surface area contributed by atoms with E-state index in [-0.39, 0.29) is 12.3 Å². The third-order valence-electron chi connectivity index (χ3n) is 4.73. The Hall–Kier alpha value is -3.63. The summed E-state index contributed by atoms with van der Waals surface area (Å²) in [7, 11) is -2.88. The van der Waals surface area contributed by atoms with Crippen LogP contribution in [-0.4, -0.2) is 32.9 Å². The van der Waals surface area contributed by atoms with E-state index in [0.29, 0.717) is 16.5 Å². The number of hydrogen-bond donors (Lipinski definition) is 1. The molecule has 1 N–H and O–H groups in total. The standard InChI is InChI=1S/C22H20ClN3O6S/c1-15-7-8-16(13-19(15)23)24-22(27)14-32-18-11-9-17(10-12-18)25(2)33(30,31)21-6-4-3-5-20(21)26(28)29/h3-13H,14H2,1-2H3,(H,24,27). The van der Waals surface area contributed by atoms with E-state index in [0.717, 1.165) is 15.9 Å². The molecule has 0 aliphatic carbocycles. The van der Waals surface area contributed by atoms with Crippen molar-refractivity contribution in [3.8, 4) is 5.75 Å². The summed E-state index contributed by atoms with van der Waals surface area (Å²) in [6, 6.07) is 16.2. The van der Waals surface area contributed by atoms with Crippen LogP contribution < -0.4 is 14.4 Å². The number of benzene rings is 3. The molecule has 11 heteroatoms. The van der Waals surface area contributed by atoms with Crippen molar-refractivity contribution in [1.82, 2.24) is 0 Å². The molecule has 0 aliphatic heterocycles. The summed E-state index contributed by atoms with van der Waals surface area (Å²) < 4.78 is 32.2. The molecule has 0 saturated heterocycles. The predicted octanol–water partition coefficient (Wildman–Crippen LogP) is 4.40. The van der Waals surface area contributed by atoms with Gasteiger partial charge in [0.05, 0.1) is 10.6 Å². The van der Waals surface area contributed by atoms with Crippen LogP contribution in [0, 0.1) is 17.0 Å². The molecule has 0 atom stereocenters. The highest BCUT2D eigenvalue weighted by molar-refractivity contribution is 7.93. The van der Waals surface area contributed by atoms with Gasteiger partial charge in [0.1, 0.15) is 5.75 Å². The van der Waals surface area contributed by atoms with E-state index >= 15 is 0 Å². The molecular weight excluding hydrogens is 470 g/mol. The number of amides is 1. The van der Waals surface area contributed by atoms with E-state index in [1.54, 1.807) is 18.2 Å². The van der Waals surface area contributed by atoms with Crippen molar-refractivity contribution < 1.29 is 22.9 Å². The Morgan fingerprint density at radius 3 is 2.42 bits per heavy atom. The fraction of sp³-hybridized carbons (Fsp3) is 0.136. The molecule has 3 aromatic carbocycles. The minimum atomic E-state index is -4.17. The second-order valence-corrected chi connectivity index (χ2v) is 9.34. The summed E-state index contributed by atoms with van der Waals surface area (Å²) >= 11 is 6.04. The van der Waals surface area contributed by atoms with E-state index in [2.05, 4.69) is 5.32 Å². The molecule has 0 fully saturated rings. The van der Waals surface area contributed by atoms with Gasteiger partial charge in [-0.15, -0.1) is 0 Å².